The molecule has 3 N–H and O–H groups in total. The van der Waals surface area contributed by atoms with Crippen LogP contribution in [0.5, 0.6) is 0 Å². The first-order chi connectivity index (χ1) is 12.1. The van der Waals surface area contributed by atoms with Crippen LogP contribution in [0.25, 0.3) is 0 Å². The molecule has 0 aliphatic carbocycles. The molecule has 132 valence electrons. The molecule has 6 heteroatoms. The van der Waals surface area contributed by atoms with Gasteiger partial charge in [0.25, 0.3) is 5.91 Å². The molecule has 2 aromatic rings. The Morgan fingerprint density at radius 1 is 0.960 bits per heavy atom. The SMILES string of the molecule is CN=C(NCCNC(=O)c1ccc(Cl)cc1)NCc1ccc(C)cc1. The summed E-state index contributed by atoms with van der Waals surface area (Å²) in [6.07, 6.45) is 0. The standard InChI is InChI=1S/C19H23ClN4O/c1-14-3-5-15(6-4-14)13-24-19(21-2)23-12-11-22-18(25)16-7-9-17(20)10-8-16/h3-10H,11-13H2,1-2H3,(H,22,25)(H2,21,23,24). The van der Waals surface area contributed by atoms with E-state index in [9.17, 15) is 4.79 Å². The van der Waals surface area contributed by atoms with Gasteiger partial charge in [-0.3, -0.25) is 9.79 Å². The quantitative estimate of drug-likeness (QED) is 0.422. The monoisotopic (exact) mass is 358 g/mol. The minimum Gasteiger partial charge on any atom is -0.355 e. The second-order valence-corrected chi connectivity index (χ2v) is 6.04. The summed E-state index contributed by atoms with van der Waals surface area (Å²) >= 11 is 5.81. The fourth-order valence-electron chi connectivity index (χ4n) is 2.17. The second kappa shape index (κ2) is 9.69. The van der Waals surface area contributed by atoms with Crippen LogP contribution in [0.3, 0.4) is 0 Å². The third-order valence-corrected chi connectivity index (χ3v) is 3.87. The summed E-state index contributed by atoms with van der Waals surface area (Å²) in [7, 11) is 1.72. The molecule has 0 fully saturated rings. The number of halogens is 1. The highest BCUT2D eigenvalue weighted by molar-refractivity contribution is 6.30. The normalized spacial score (nSPS) is 11.1. The maximum Gasteiger partial charge on any atom is 0.251 e. The second-order valence-electron chi connectivity index (χ2n) is 5.60. The number of amides is 1. The van der Waals surface area contributed by atoms with Crippen LogP contribution in [-0.4, -0.2) is 32.0 Å². The summed E-state index contributed by atoms with van der Waals surface area (Å²) in [5.41, 5.74) is 3.01. The average Bonchev–Trinajstić information content (AvgIpc) is 2.63. The predicted octanol–water partition coefficient (Wildman–Crippen LogP) is 2.74. The summed E-state index contributed by atoms with van der Waals surface area (Å²) in [6, 6.07) is 15.1. The van der Waals surface area contributed by atoms with Gasteiger partial charge in [-0.25, -0.2) is 0 Å². The molecule has 25 heavy (non-hydrogen) atoms. The Kier molecular flexibility index (Phi) is 7.29. The van der Waals surface area contributed by atoms with E-state index in [1.807, 2.05) is 0 Å². The van der Waals surface area contributed by atoms with E-state index >= 15 is 0 Å². The zero-order valence-corrected chi connectivity index (χ0v) is 15.2. The summed E-state index contributed by atoms with van der Waals surface area (Å²) in [6.45, 7) is 3.83. The third-order valence-electron chi connectivity index (χ3n) is 3.61. The van der Waals surface area contributed by atoms with Crippen molar-refractivity contribution >= 4 is 23.5 Å². The maximum absolute atomic E-state index is 12.0. The number of carbonyl (C=O) groups excluding carboxylic acids is 1. The first-order valence-electron chi connectivity index (χ1n) is 8.12. The number of rotatable bonds is 6. The smallest absolute Gasteiger partial charge is 0.251 e. The van der Waals surface area contributed by atoms with Gasteiger partial charge in [-0.1, -0.05) is 41.4 Å². The van der Waals surface area contributed by atoms with E-state index in [0.717, 1.165) is 0 Å². The minimum atomic E-state index is -0.124. The minimum absolute atomic E-state index is 0.124. The van der Waals surface area contributed by atoms with Crippen molar-refractivity contribution in [1.82, 2.24) is 16.0 Å². The van der Waals surface area contributed by atoms with Gasteiger partial charge in [0.15, 0.2) is 5.96 Å². The van der Waals surface area contributed by atoms with Gasteiger partial charge < -0.3 is 16.0 Å². The number of carbonyl (C=O) groups is 1. The molecular weight excluding hydrogens is 336 g/mol. The summed E-state index contributed by atoms with van der Waals surface area (Å²) in [4.78, 5) is 16.2. The largest absolute Gasteiger partial charge is 0.355 e. The van der Waals surface area contributed by atoms with Gasteiger partial charge in [0, 0.05) is 37.3 Å². The van der Waals surface area contributed by atoms with E-state index in [4.69, 9.17) is 11.6 Å². The molecule has 0 unspecified atom stereocenters. The number of hydrogen-bond donors (Lipinski definition) is 3. The Hall–Kier alpha value is -2.53. The van der Waals surface area contributed by atoms with Gasteiger partial charge in [0.1, 0.15) is 0 Å². The first-order valence-corrected chi connectivity index (χ1v) is 8.50. The molecule has 1 amide bonds. The Bertz CT molecular complexity index is 711. The van der Waals surface area contributed by atoms with Gasteiger partial charge >= 0.3 is 0 Å². The molecule has 0 aliphatic rings. The molecule has 0 bridgehead atoms. The van der Waals surface area contributed by atoms with Gasteiger partial charge in [-0.05, 0) is 36.8 Å². The average molecular weight is 359 g/mol. The number of hydrogen-bond acceptors (Lipinski definition) is 2. The number of guanidine groups is 1. The van der Waals surface area contributed by atoms with Gasteiger partial charge in [-0.2, -0.15) is 0 Å². The zero-order valence-electron chi connectivity index (χ0n) is 14.5. The van der Waals surface area contributed by atoms with Crippen molar-refractivity contribution in [2.75, 3.05) is 20.1 Å². The predicted molar refractivity (Wildman–Crippen MR) is 103 cm³/mol. The highest BCUT2D eigenvalue weighted by atomic mass is 35.5. The highest BCUT2D eigenvalue weighted by Crippen LogP contribution is 2.09. The Balaban J connectivity index is 1.69. The van der Waals surface area contributed by atoms with Crippen molar-refractivity contribution in [3.05, 3.63) is 70.2 Å². The van der Waals surface area contributed by atoms with Crippen molar-refractivity contribution < 1.29 is 4.79 Å². The van der Waals surface area contributed by atoms with Gasteiger partial charge in [0.05, 0.1) is 0 Å². The molecule has 2 aromatic carbocycles. The first kappa shape index (κ1) is 18.8. The number of nitrogens with zero attached hydrogens (tertiary/aromatic N) is 1. The van der Waals surface area contributed by atoms with E-state index in [1.54, 1.807) is 31.3 Å². The van der Waals surface area contributed by atoms with Crippen LogP contribution in [0.15, 0.2) is 53.5 Å². The van der Waals surface area contributed by atoms with Crippen LogP contribution in [0.4, 0.5) is 0 Å². The summed E-state index contributed by atoms with van der Waals surface area (Å²) in [5.74, 6) is 0.572. The highest BCUT2D eigenvalue weighted by Gasteiger charge is 2.04. The fraction of sp³-hybridized carbons (Fsp3) is 0.263. The number of aryl methyl sites for hydroxylation is 1. The molecule has 5 nitrogen and oxygen atoms in total. The number of aliphatic imine (C=N–C) groups is 1. The lowest BCUT2D eigenvalue weighted by Crippen LogP contribution is -2.41. The van der Waals surface area contributed by atoms with Crippen LogP contribution in [0, 0.1) is 6.92 Å². The third kappa shape index (κ3) is 6.47. The van der Waals surface area contributed by atoms with E-state index in [1.165, 1.54) is 11.1 Å². The molecule has 0 radical (unpaired) electrons. The maximum atomic E-state index is 12.0. The number of benzene rings is 2. The van der Waals surface area contributed by atoms with E-state index in [0.29, 0.717) is 36.2 Å². The lowest BCUT2D eigenvalue weighted by Gasteiger charge is -2.12. The van der Waals surface area contributed by atoms with Crippen molar-refractivity contribution in [1.29, 1.82) is 0 Å². The Morgan fingerprint density at radius 3 is 2.24 bits per heavy atom. The molecule has 0 spiro atoms. The van der Waals surface area contributed by atoms with Crippen molar-refractivity contribution in [2.45, 2.75) is 13.5 Å². The molecular formula is C19H23ClN4O. The van der Waals surface area contributed by atoms with Crippen LogP contribution in [-0.2, 0) is 6.54 Å². The van der Waals surface area contributed by atoms with Crippen LogP contribution in [0.1, 0.15) is 21.5 Å². The molecule has 0 aliphatic heterocycles. The topological polar surface area (TPSA) is 65.5 Å². The van der Waals surface area contributed by atoms with Crippen molar-refractivity contribution in [3.63, 3.8) is 0 Å². The number of nitrogens with one attached hydrogen (secondary N) is 3. The summed E-state index contributed by atoms with van der Waals surface area (Å²) < 4.78 is 0. The van der Waals surface area contributed by atoms with Crippen molar-refractivity contribution in [2.24, 2.45) is 4.99 Å². The molecule has 0 aromatic heterocycles. The Morgan fingerprint density at radius 2 is 1.60 bits per heavy atom. The van der Waals surface area contributed by atoms with Crippen molar-refractivity contribution in [3.8, 4) is 0 Å². The molecule has 0 saturated carbocycles. The zero-order chi connectivity index (χ0) is 18.1. The van der Waals surface area contributed by atoms with Crippen LogP contribution >= 0.6 is 11.6 Å². The molecule has 0 saturated heterocycles. The van der Waals surface area contributed by atoms with Gasteiger partial charge in [0.2, 0.25) is 0 Å². The molecule has 2 rings (SSSR count). The van der Waals surface area contributed by atoms with Gasteiger partial charge in [-0.15, -0.1) is 0 Å². The lowest BCUT2D eigenvalue weighted by molar-refractivity contribution is 0.0954. The van der Waals surface area contributed by atoms with Crippen LogP contribution in [0.2, 0.25) is 5.02 Å². The fourth-order valence-corrected chi connectivity index (χ4v) is 2.30. The van der Waals surface area contributed by atoms with E-state index in [-0.39, 0.29) is 5.91 Å². The van der Waals surface area contributed by atoms with E-state index in [2.05, 4.69) is 52.1 Å². The Labute approximate surface area is 153 Å². The van der Waals surface area contributed by atoms with E-state index < -0.39 is 0 Å². The molecule has 0 atom stereocenters. The lowest BCUT2D eigenvalue weighted by atomic mass is 10.1. The summed E-state index contributed by atoms with van der Waals surface area (Å²) in [5, 5.41) is 9.88. The van der Waals surface area contributed by atoms with Crippen LogP contribution < -0.4 is 16.0 Å². The molecule has 0 heterocycles.